The Balaban J connectivity index is 1.53. The summed E-state index contributed by atoms with van der Waals surface area (Å²) in [6.45, 7) is 10.5. The summed E-state index contributed by atoms with van der Waals surface area (Å²) in [5, 5.41) is 10.7. The van der Waals surface area contributed by atoms with Gasteiger partial charge in [0.2, 0.25) is 5.91 Å². The Morgan fingerprint density at radius 3 is 2.36 bits per heavy atom. The van der Waals surface area contributed by atoms with Gasteiger partial charge in [0.25, 0.3) is 5.91 Å². The molecule has 0 aliphatic heterocycles. The van der Waals surface area contributed by atoms with E-state index in [1.807, 2.05) is 12.1 Å². The normalized spacial score (nSPS) is 21.3. The Kier molecular flexibility index (Phi) is 7.33. The molecule has 4 rings (SSSR count). The number of carbonyl (C=O) groups excluding carboxylic acids is 2. The Bertz CT molecular complexity index is 1120. The average molecular weight is 494 g/mol. The summed E-state index contributed by atoms with van der Waals surface area (Å²) in [7, 11) is 1.78. The summed E-state index contributed by atoms with van der Waals surface area (Å²) in [5.74, 6) is 0.0732. The maximum atomic E-state index is 13.6. The van der Waals surface area contributed by atoms with Crippen LogP contribution < -0.4 is 16.4 Å². The van der Waals surface area contributed by atoms with Crippen molar-refractivity contribution in [2.24, 2.45) is 24.6 Å². The van der Waals surface area contributed by atoms with E-state index in [1.54, 1.807) is 11.7 Å². The molecule has 2 amide bonds. The molecule has 4 N–H and O–H groups in total. The molecular formula is C29H43N5O2. The predicted octanol–water partition coefficient (Wildman–Crippen LogP) is 4.49. The third-order valence-electron chi connectivity index (χ3n) is 8.23. The minimum absolute atomic E-state index is 0.116. The van der Waals surface area contributed by atoms with Gasteiger partial charge in [-0.1, -0.05) is 59.9 Å². The van der Waals surface area contributed by atoms with Gasteiger partial charge in [0.15, 0.2) is 0 Å². The van der Waals surface area contributed by atoms with Gasteiger partial charge in [0, 0.05) is 23.7 Å². The Hall–Kier alpha value is -2.67. The molecule has 36 heavy (non-hydrogen) atoms. The van der Waals surface area contributed by atoms with E-state index in [4.69, 9.17) is 5.73 Å². The number of anilines is 1. The van der Waals surface area contributed by atoms with E-state index in [0.717, 1.165) is 49.9 Å². The van der Waals surface area contributed by atoms with E-state index in [2.05, 4.69) is 62.5 Å². The fourth-order valence-corrected chi connectivity index (χ4v) is 5.57. The Morgan fingerprint density at radius 2 is 1.75 bits per heavy atom. The Labute approximate surface area is 215 Å². The number of benzene rings is 1. The fourth-order valence-electron chi connectivity index (χ4n) is 5.57. The molecule has 0 spiro atoms. The van der Waals surface area contributed by atoms with Crippen molar-refractivity contribution >= 4 is 17.5 Å². The van der Waals surface area contributed by atoms with E-state index >= 15 is 0 Å². The lowest BCUT2D eigenvalue weighted by Crippen LogP contribution is -2.49. The maximum absolute atomic E-state index is 13.6. The number of aromatic nitrogens is 2. The van der Waals surface area contributed by atoms with Crippen LogP contribution in [-0.2, 0) is 30.1 Å². The van der Waals surface area contributed by atoms with Crippen molar-refractivity contribution in [1.82, 2.24) is 15.1 Å². The van der Waals surface area contributed by atoms with Crippen LogP contribution in [0.15, 0.2) is 24.3 Å². The zero-order valence-corrected chi connectivity index (χ0v) is 22.8. The number of carbonyl (C=O) groups is 2. The van der Waals surface area contributed by atoms with Gasteiger partial charge >= 0.3 is 0 Å². The van der Waals surface area contributed by atoms with E-state index in [1.165, 1.54) is 17.5 Å². The van der Waals surface area contributed by atoms with Crippen LogP contribution in [0.5, 0.6) is 0 Å². The van der Waals surface area contributed by atoms with Gasteiger partial charge in [-0.05, 0) is 66.8 Å². The summed E-state index contributed by atoms with van der Waals surface area (Å²) in [4.78, 5) is 26.9. The summed E-state index contributed by atoms with van der Waals surface area (Å²) >= 11 is 0. The largest absolute Gasteiger partial charge is 0.339 e. The van der Waals surface area contributed by atoms with Gasteiger partial charge in [-0.15, -0.1) is 0 Å². The van der Waals surface area contributed by atoms with Crippen molar-refractivity contribution in [1.29, 1.82) is 0 Å². The number of aryl methyl sites for hydroxylation is 1. The fraction of sp³-hybridized carbons (Fsp3) is 0.621. The lowest BCUT2D eigenvalue weighted by atomic mass is 9.83. The van der Waals surface area contributed by atoms with Gasteiger partial charge in [-0.25, -0.2) is 0 Å². The maximum Gasteiger partial charge on any atom is 0.270 e. The van der Waals surface area contributed by atoms with Gasteiger partial charge in [-0.3, -0.25) is 14.3 Å². The number of nitrogens with one attached hydrogen (secondary N) is 2. The third-order valence-corrected chi connectivity index (χ3v) is 8.23. The molecule has 7 heteroatoms. The van der Waals surface area contributed by atoms with Crippen LogP contribution in [0.4, 0.5) is 5.69 Å². The first-order valence-electron chi connectivity index (χ1n) is 13.4. The number of nitrogens with two attached hydrogens (primary N) is 1. The highest BCUT2D eigenvalue weighted by Gasteiger charge is 2.37. The van der Waals surface area contributed by atoms with Crippen molar-refractivity contribution in [3.05, 3.63) is 46.8 Å². The minimum atomic E-state index is -0.594. The molecule has 7 nitrogen and oxygen atoms in total. The topological polar surface area (TPSA) is 102 Å². The first kappa shape index (κ1) is 26.4. The molecule has 196 valence electrons. The standard InChI is InChI=1S/C29H43N5O2/c1-18(2)29(30)16-20-12-13-22(14-21(20)17-29)31-27(36)25(19-10-8-7-9-11-19)32-26(35)23-15-24(28(3,4)5)33-34(23)6/h12-15,18-19,25H,7-11,16-17,30H2,1-6H3,(H,31,36)(H,32,35)/t25-,29?/m0/s1. The van der Waals surface area contributed by atoms with Crippen molar-refractivity contribution < 1.29 is 9.59 Å². The number of fused-ring (bicyclic) bond motifs is 1. The molecule has 1 heterocycles. The van der Waals surface area contributed by atoms with Gasteiger partial charge in [-0.2, -0.15) is 5.10 Å². The molecule has 0 radical (unpaired) electrons. The Morgan fingerprint density at radius 1 is 1.08 bits per heavy atom. The molecular weight excluding hydrogens is 450 g/mol. The van der Waals surface area contributed by atoms with Gasteiger partial charge < -0.3 is 16.4 Å². The van der Waals surface area contributed by atoms with E-state index in [9.17, 15) is 9.59 Å². The van der Waals surface area contributed by atoms with Crippen LogP contribution in [0.1, 0.15) is 94.0 Å². The summed E-state index contributed by atoms with van der Waals surface area (Å²) in [5.41, 5.74) is 10.8. The number of nitrogens with zero attached hydrogens (tertiary/aromatic N) is 2. The molecule has 1 fully saturated rings. The monoisotopic (exact) mass is 493 g/mol. The quantitative estimate of drug-likeness (QED) is 0.552. The summed E-state index contributed by atoms with van der Waals surface area (Å²) < 4.78 is 1.61. The number of hydrogen-bond acceptors (Lipinski definition) is 4. The number of hydrogen-bond donors (Lipinski definition) is 3. The molecule has 2 aromatic rings. The second kappa shape index (κ2) is 10.0. The minimum Gasteiger partial charge on any atom is -0.339 e. The predicted molar refractivity (Wildman–Crippen MR) is 144 cm³/mol. The van der Waals surface area contributed by atoms with Crippen LogP contribution in [-0.4, -0.2) is 33.2 Å². The molecule has 2 aliphatic rings. The summed E-state index contributed by atoms with van der Waals surface area (Å²) in [6, 6.07) is 7.34. The van der Waals surface area contributed by atoms with Crippen molar-refractivity contribution in [2.45, 2.75) is 96.6 Å². The second-order valence-electron chi connectivity index (χ2n) is 12.4. The first-order chi connectivity index (χ1) is 16.9. The summed E-state index contributed by atoms with van der Waals surface area (Å²) in [6.07, 6.45) is 6.88. The molecule has 1 unspecified atom stereocenters. The average Bonchev–Trinajstić information content (AvgIpc) is 3.37. The molecule has 1 aromatic heterocycles. The van der Waals surface area contributed by atoms with Crippen molar-refractivity contribution in [3.63, 3.8) is 0 Å². The van der Waals surface area contributed by atoms with E-state index in [-0.39, 0.29) is 28.7 Å². The molecule has 1 saturated carbocycles. The molecule has 0 bridgehead atoms. The number of rotatable bonds is 6. The highest BCUT2D eigenvalue weighted by Crippen LogP contribution is 2.35. The van der Waals surface area contributed by atoms with Crippen molar-refractivity contribution in [3.8, 4) is 0 Å². The number of amides is 2. The van der Waals surface area contributed by atoms with E-state index in [0.29, 0.717) is 11.6 Å². The third kappa shape index (κ3) is 5.51. The SMILES string of the molecule is CC(C)C1(N)Cc2ccc(NC(=O)[C@@H](NC(=O)c3cc(C(C)(C)C)nn3C)C3CCCCC3)cc2C1. The second-order valence-corrected chi connectivity index (χ2v) is 12.4. The van der Waals surface area contributed by atoms with Gasteiger partial charge in [0.1, 0.15) is 11.7 Å². The van der Waals surface area contributed by atoms with Crippen LogP contribution in [0, 0.1) is 11.8 Å². The smallest absolute Gasteiger partial charge is 0.270 e. The van der Waals surface area contributed by atoms with Gasteiger partial charge in [0.05, 0.1) is 5.69 Å². The van der Waals surface area contributed by atoms with Crippen LogP contribution >= 0.6 is 0 Å². The molecule has 2 aliphatic carbocycles. The van der Waals surface area contributed by atoms with Crippen LogP contribution in [0.2, 0.25) is 0 Å². The van der Waals surface area contributed by atoms with Crippen LogP contribution in [0.3, 0.4) is 0 Å². The lowest BCUT2D eigenvalue weighted by Gasteiger charge is -2.30. The zero-order chi connectivity index (χ0) is 26.3. The molecule has 1 aromatic carbocycles. The molecule has 2 atom stereocenters. The highest BCUT2D eigenvalue weighted by atomic mass is 16.2. The van der Waals surface area contributed by atoms with Crippen LogP contribution in [0.25, 0.3) is 0 Å². The first-order valence-corrected chi connectivity index (χ1v) is 13.4. The van der Waals surface area contributed by atoms with Crippen molar-refractivity contribution in [2.75, 3.05) is 5.32 Å². The van der Waals surface area contributed by atoms with E-state index < -0.39 is 6.04 Å². The zero-order valence-electron chi connectivity index (χ0n) is 22.8. The highest BCUT2D eigenvalue weighted by molar-refractivity contribution is 6.00. The lowest BCUT2D eigenvalue weighted by molar-refractivity contribution is -0.119. The molecule has 0 saturated heterocycles.